The van der Waals surface area contributed by atoms with Crippen LogP contribution in [-0.2, 0) is 27.6 Å². The number of aromatic nitrogens is 2. The van der Waals surface area contributed by atoms with Gasteiger partial charge in [0.05, 0.1) is 35.3 Å². The average molecular weight is 459 g/mol. The molecule has 32 heavy (non-hydrogen) atoms. The summed E-state index contributed by atoms with van der Waals surface area (Å²) in [5, 5.41) is 7.92. The van der Waals surface area contributed by atoms with Crippen LogP contribution in [-0.4, -0.2) is 53.6 Å². The molecule has 4 rings (SSSR count). The van der Waals surface area contributed by atoms with Crippen LogP contribution in [0.1, 0.15) is 66.3 Å². The lowest BCUT2D eigenvalue weighted by Gasteiger charge is -2.30. The van der Waals surface area contributed by atoms with Gasteiger partial charge in [-0.3, -0.25) is 14.4 Å². The maximum absolute atomic E-state index is 13.1. The molecule has 1 fully saturated rings. The highest BCUT2D eigenvalue weighted by Gasteiger charge is 2.32. The van der Waals surface area contributed by atoms with E-state index in [1.54, 1.807) is 0 Å². The Balaban J connectivity index is 1.43. The molecule has 3 unspecified atom stereocenters. The molecular weight excluding hydrogens is 424 g/mol. The van der Waals surface area contributed by atoms with Crippen LogP contribution in [0.15, 0.2) is 24.3 Å². The van der Waals surface area contributed by atoms with Crippen molar-refractivity contribution in [2.45, 2.75) is 71.1 Å². The molecule has 8 heteroatoms. The fourth-order valence-electron chi connectivity index (χ4n) is 5.03. The van der Waals surface area contributed by atoms with Gasteiger partial charge in [0.2, 0.25) is 5.91 Å². The molecule has 1 saturated heterocycles. The first-order chi connectivity index (χ1) is 15.2. The molecule has 0 saturated carbocycles. The van der Waals surface area contributed by atoms with E-state index < -0.39 is 9.84 Å². The summed E-state index contributed by atoms with van der Waals surface area (Å²) >= 11 is 0. The van der Waals surface area contributed by atoms with Crippen LogP contribution in [0.2, 0.25) is 0 Å². The number of aryl methyl sites for hydroxylation is 2. The number of rotatable bonds is 6. The smallest absolute Gasteiger partial charge is 0.237 e. The number of carbonyl (C=O) groups is 1. The van der Waals surface area contributed by atoms with Crippen LogP contribution in [0, 0.1) is 13.8 Å². The third-order valence-electron chi connectivity index (χ3n) is 7.16. The molecular formula is C24H34N4O3S. The lowest BCUT2D eigenvalue weighted by atomic mass is 9.87. The van der Waals surface area contributed by atoms with Crippen molar-refractivity contribution in [3.8, 4) is 0 Å². The fraction of sp³-hybridized carbons (Fsp3) is 0.583. The molecule has 7 nitrogen and oxygen atoms in total. The Morgan fingerprint density at radius 1 is 1.28 bits per heavy atom. The first-order valence-electron chi connectivity index (χ1n) is 11.5. The highest BCUT2D eigenvalue weighted by Crippen LogP contribution is 2.30. The topological polar surface area (TPSA) is 84.3 Å². The van der Waals surface area contributed by atoms with E-state index in [2.05, 4.69) is 28.6 Å². The Bertz CT molecular complexity index is 1110. The summed E-state index contributed by atoms with van der Waals surface area (Å²) in [4.78, 5) is 15.1. The summed E-state index contributed by atoms with van der Waals surface area (Å²) in [5.41, 5.74) is 5.52. The molecule has 1 aliphatic heterocycles. The first kappa shape index (κ1) is 23.0. The van der Waals surface area contributed by atoms with E-state index in [0.29, 0.717) is 13.0 Å². The Morgan fingerprint density at radius 2 is 2.03 bits per heavy atom. The molecule has 1 aliphatic carbocycles. The van der Waals surface area contributed by atoms with Gasteiger partial charge in [0.1, 0.15) is 0 Å². The maximum Gasteiger partial charge on any atom is 0.237 e. The van der Waals surface area contributed by atoms with E-state index in [4.69, 9.17) is 0 Å². The summed E-state index contributed by atoms with van der Waals surface area (Å²) in [6.45, 7) is 6.48. The van der Waals surface area contributed by atoms with Gasteiger partial charge in [-0.25, -0.2) is 8.42 Å². The van der Waals surface area contributed by atoms with Gasteiger partial charge < -0.3 is 5.32 Å². The monoisotopic (exact) mass is 458 g/mol. The van der Waals surface area contributed by atoms with E-state index in [1.165, 1.54) is 11.1 Å². The number of amides is 1. The molecule has 0 spiro atoms. The van der Waals surface area contributed by atoms with Crippen LogP contribution in [0.5, 0.6) is 0 Å². The largest absolute Gasteiger partial charge is 0.348 e. The summed E-state index contributed by atoms with van der Waals surface area (Å²) in [6.07, 6.45) is 3.74. The molecule has 0 bridgehead atoms. The fourth-order valence-corrected chi connectivity index (χ4v) is 6.72. The lowest BCUT2D eigenvalue weighted by Crippen LogP contribution is -2.44. The van der Waals surface area contributed by atoms with E-state index in [0.717, 1.165) is 36.2 Å². The van der Waals surface area contributed by atoms with Crippen molar-refractivity contribution in [2.24, 2.45) is 0 Å². The number of hydrogen-bond donors (Lipinski definition) is 1. The molecule has 3 atom stereocenters. The number of benzene rings is 1. The average Bonchev–Trinajstić information content (AvgIpc) is 3.26. The Hall–Kier alpha value is -2.19. The summed E-state index contributed by atoms with van der Waals surface area (Å²) < 4.78 is 25.7. The van der Waals surface area contributed by atoms with Gasteiger partial charge in [0, 0.05) is 17.8 Å². The summed E-state index contributed by atoms with van der Waals surface area (Å²) in [6, 6.07) is 8.06. The van der Waals surface area contributed by atoms with E-state index >= 15 is 0 Å². The molecule has 1 N–H and O–H groups in total. The minimum atomic E-state index is -2.97. The SMILES string of the molecule is Cc1nn(C2CCS(=O)(=O)C2)c(C)c1CN(C)C(C)C(=O)NC1CCCc2ccccc21. The molecule has 1 amide bonds. The van der Waals surface area contributed by atoms with Crippen LogP contribution in [0.3, 0.4) is 0 Å². The second-order valence-corrected chi connectivity index (χ2v) is 11.6. The number of sulfone groups is 1. The zero-order valence-corrected chi connectivity index (χ0v) is 20.3. The van der Waals surface area contributed by atoms with E-state index in [9.17, 15) is 13.2 Å². The van der Waals surface area contributed by atoms with Gasteiger partial charge in [-0.15, -0.1) is 0 Å². The third-order valence-corrected chi connectivity index (χ3v) is 8.91. The highest BCUT2D eigenvalue weighted by molar-refractivity contribution is 7.91. The lowest BCUT2D eigenvalue weighted by molar-refractivity contribution is -0.126. The Kier molecular flexibility index (Phi) is 6.45. The number of nitrogens with zero attached hydrogens (tertiary/aromatic N) is 3. The van der Waals surface area contributed by atoms with Gasteiger partial charge >= 0.3 is 0 Å². The normalized spacial score (nSPS) is 23.2. The zero-order chi connectivity index (χ0) is 23.0. The van der Waals surface area contributed by atoms with Crippen LogP contribution in [0.25, 0.3) is 0 Å². The number of fused-ring (bicyclic) bond motifs is 1. The van der Waals surface area contributed by atoms with Crippen molar-refractivity contribution in [2.75, 3.05) is 18.6 Å². The van der Waals surface area contributed by atoms with Crippen molar-refractivity contribution in [1.29, 1.82) is 0 Å². The van der Waals surface area contributed by atoms with Gasteiger partial charge in [-0.05, 0) is 64.6 Å². The van der Waals surface area contributed by atoms with Crippen molar-refractivity contribution in [3.63, 3.8) is 0 Å². The standard InChI is InChI=1S/C24H34N4O3S/c1-16-22(17(2)28(26-16)20-12-13-32(30,31)15-20)14-27(4)18(3)24(29)25-23-11-7-9-19-8-5-6-10-21(19)23/h5-6,8,10,18,20,23H,7,9,11-15H2,1-4H3,(H,25,29). The number of hydrogen-bond acceptors (Lipinski definition) is 5. The first-order valence-corrected chi connectivity index (χ1v) is 13.3. The Labute approximate surface area is 191 Å². The van der Waals surface area contributed by atoms with Gasteiger partial charge in [-0.1, -0.05) is 24.3 Å². The minimum Gasteiger partial charge on any atom is -0.348 e. The summed E-state index contributed by atoms with van der Waals surface area (Å²) in [5.74, 6) is 0.414. The van der Waals surface area contributed by atoms with Gasteiger partial charge in [-0.2, -0.15) is 5.10 Å². The molecule has 1 aromatic carbocycles. The molecule has 2 aliphatic rings. The number of nitrogens with one attached hydrogen (secondary N) is 1. The number of carbonyl (C=O) groups excluding carboxylic acids is 1. The van der Waals surface area contributed by atoms with Crippen LogP contribution < -0.4 is 5.32 Å². The minimum absolute atomic E-state index is 0.0267. The van der Waals surface area contributed by atoms with Crippen LogP contribution in [0.4, 0.5) is 0 Å². The molecule has 1 aromatic heterocycles. The second kappa shape index (κ2) is 8.98. The summed E-state index contributed by atoms with van der Waals surface area (Å²) in [7, 11) is -1.02. The third kappa shape index (κ3) is 4.62. The van der Waals surface area contributed by atoms with E-state index in [-0.39, 0.29) is 35.5 Å². The Morgan fingerprint density at radius 3 is 2.75 bits per heavy atom. The van der Waals surface area contributed by atoms with Gasteiger partial charge in [0.25, 0.3) is 0 Å². The van der Waals surface area contributed by atoms with Gasteiger partial charge in [0.15, 0.2) is 9.84 Å². The number of likely N-dealkylation sites (N-methyl/N-ethyl adjacent to an activating group) is 1. The van der Waals surface area contributed by atoms with Crippen molar-refractivity contribution in [1.82, 2.24) is 20.0 Å². The van der Waals surface area contributed by atoms with Crippen molar-refractivity contribution < 1.29 is 13.2 Å². The maximum atomic E-state index is 13.1. The molecule has 2 aromatic rings. The quantitative estimate of drug-likeness (QED) is 0.720. The zero-order valence-electron chi connectivity index (χ0n) is 19.5. The van der Waals surface area contributed by atoms with E-state index in [1.807, 2.05) is 43.5 Å². The molecule has 174 valence electrons. The molecule has 2 heterocycles. The predicted octanol–water partition coefficient (Wildman–Crippen LogP) is 2.87. The molecule has 0 radical (unpaired) electrons. The van der Waals surface area contributed by atoms with Crippen molar-refractivity contribution in [3.05, 3.63) is 52.3 Å². The second-order valence-electron chi connectivity index (χ2n) is 9.39. The van der Waals surface area contributed by atoms with Crippen molar-refractivity contribution >= 4 is 15.7 Å². The predicted molar refractivity (Wildman–Crippen MR) is 125 cm³/mol. The van der Waals surface area contributed by atoms with Crippen LogP contribution >= 0.6 is 0 Å². The highest BCUT2D eigenvalue weighted by atomic mass is 32.2.